The number of aliphatic carboxylic acids is 1. The summed E-state index contributed by atoms with van der Waals surface area (Å²) in [4.78, 5) is 106. The molecular formula is C25H30ClN7O10. The molecule has 0 saturated carbocycles. The number of hydrogen-bond acceptors (Lipinski definition) is 9. The summed E-state index contributed by atoms with van der Waals surface area (Å²) in [5.41, 5.74) is -0.658. The van der Waals surface area contributed by atoms with Crippen molar-refractivity contribution in [3.05, 3.63) is 35.8 Å². The van der Waals surface area contributed by atoms with Crippen LogP contribution in [0.2, 0.25) is 0 Å². The average molecular weight is 629 g/mol. The maximum atomic E-state index is 12.3. The van der Waals surface area contributed by atoms with Gasteiger partial charge in [-0.1, -0.05) is 30.2 Å². The molecule has 0 unspecified atom stereocenters. The van der Waals surface area contributed by atoms with Crippen LogP contribution in [0.15, 0.2) is 30.2 Å². The zero-order valence-corrected chi connectivity index (χ0v) is 23.8. The Balaban J connectivity index is 0.000000310. The van der Waals surface area contributed by atoms with E-state index in [1.54, 1.807) is 7.05 Å². The number of carbonyl (C=O) groups excluding carboxylic acids is 8. The van der Waals surface area contributed by atoms with Crippen LogP contribution >= 0.6 is 11.6 Å². The van der Waals surface area contributed by atoms with Crippen molar-refractivity contribution in [1.82, 2.24) is 35.1 Å². The summed E-state index contributed by atoms with van der Waals surface area (Å²) in [6, 6.07) is -7.09. The van der Waals surface area contributed by atoms with Crippen LogP contribution in [0.1, 0.15) is 18.5 Å². The minimum absolute atomic E-state index is 0.0460. The largest absolute Gasteiger partial charge is 0.479 e. The second kappa shape index (κ2) is 15.2. The highest BCUT2D eigenvalue weighted by atomic mass is 35.5. The number of carboxylic acid groups (broad SMARTS) is 1. The molecule has 3 heterocycles. The summed E-state index contributed by atoms with van der Waals surface area (Å²) in [6.07, 6.45) is 0. The predicted molar refractivity (Wildman–Crippen MR) is 146 cm³/mol. The molecule has 1 aromatic rings. The standard InChI is InChI=1S/C14H15N3O5.C6H7ClN2O3.C5H8N2O2/c1-16-7-8-17(12(19)11(16)18)14(22)15-10(13(20)21)9-5-3-2-4-6-9;1-8-2-3-9(6(7)12)5(11)4(8)10;1-7-3-2-6-4(8)5(7)9/h2-6,10H,7-8H2,1H3,(H,15,22)(H,20,21);2-3H2,1H3;2-3H2,1H3,(H,6,8)/t10-;;/m1../s1/i2D,3D,4D,5D,6D;;. The molecule has 3 fully saturated rings. The monoisotopic (exact) mass is 628 g/mol. The van der Waals surface area contributed by atoms with Crippen LogP contribution in [0.3, 0.4) is 0 Å². The van der Waals surface area contributed by atoms with Crippen molar-refractivity contribution in [3.63, 3.8) is 0 Å². The fourth-order valence-corrected chi connectivity index (χ4v) is 3.54. The number of imide groups is 2. The van der Waals surface area contributed by atoms with Gasteiger partial charge in [-0.3, -0.25) is 43.4 Å². The van der Waals surface area contributed by atoms with Crippen LogP contribution in [-0.2, 0) is 33.6 Å². The molecule has 0 spiro atoms. The number of carbonyl (C=O) groups is 9. The highest BCUT2D eigenvalue weighted by Gasteiger charge is 2.36. The lowest BCUT2D eigenvalue weighted by molar-refractivity contribution is -0.152. The Kier molecular flexibility index (Phi) is 9.51. The van der Waals surface area contributed by atoms with Gasteiger partial charge in [0.1, 0.15) is 0 Å². The molecule has 232 valence electrons. The molecule has 1 atom stereocenters. The summed E-state index contributed by atoms with van der Waals surface area (Å²) in [7, 11) is 4.47. The molecule has 0 bridgehead atoms. The van der Waals surface area contributed by atoms with Gasteiger partial charge in [0, 0.05) is 60.4 Å². The highest BCUT2D eigenvalue weighted by Crippen LogP contribution is 2.14. The van der Waals surface area contributed by atoms with Crippen LogP contribution < -0.4 is 10.6 Å². The number of likely N-dealkylation sites (N-methyl/N-ethyl adjacent to an activating group) is 3. The van der Waals surface area contributed by atoms with Crippen molar-refractivity contribution >= 4 is 64.4 Å². The summed E-state index contributed by atoms with van der Waals surface area (Å²) in [6.45, 7) is 1.56. The third-order valence-corrected chi connectivity index (χ3v) is 6.13. The van der Waals surface area contributed by atoms with Gasteiger partial charge in [0.05, 0.1) is 6.85 Å². The number of halogens is 1. The van der Waals surface area contributed by atoms with Gasteiger partial charge in [-0.25, -0.2) is 9.59 Å². The fourth-order valence-electron chi connectivity index (χ4n) is 3.38. The first-order chi connectivity index (χ1) is 22.2. The number of benzene rings is 1. The number of urea groups is 1. The summed E-state index contributed by atoms with van der Waals surface area (Å²) >= 11 is 5.06. The quantitative estimate of drug-likeness (QED) is 0.191. The Morgan fingerprint density at radius 1 is 0.791 bits per heavy atom. The van der Waals surface area contributed by atoms with E-state index in [1.165, 1.54) is 23.9 Å². The molecule has 4 rings (SSSR count). The third kappa shape index (κ3) is 8.96. The molecular weight excluding hydrogens is 594 g/mol. The molecule has 0 radical (unpaired) electrons. The number of amides is 9. The first-order valence-electron chi connectivity index (χ1n) is 14.7. The van der Waals surface area contributed by atoms with E-state index in [4.69, 9.17) is 18.5 Å². The summed E-state index contributed by atoms with van der Waals surface area (Å²) < 4.78 is 38.4. The lowest BCUT2D eigenvalue weighted by Gasteiger charge is -2.30. The van der Waals surface area contributed by atoms with E-state index in [1.807, 2.05) is 5.32 Å². The second-order valence-corrected chi connectivity index (χ2v) is 9.19. The zero-order valence-electron chi connectivity index (χ0n) is 28.1. The fraction of sp³-hybridized carbons (Fsp3) is 0.400. The maximum Gasteiger partial charge on any atom is 0.330 e. The van der Waals surface area contributed by atoms with Gasteiger partial charge in [0.15, 0.2) is 6.04 Å². The van der Waals surface area contributed by atoms with Gasteiger partial charge in [0.25, 0.3) is 0 Å². The number of hydrogen-bond donors (Lipinski definition) is 3. The van der Waals surface area contributed by atoms with Gasteiger partial charge in [-0.15, -0.1) is 0 Å². The van der Waals surface area contributed by atoms with E-state index in [-0.39, 0.29) is 19.6 Å². The molecule has 3 saturated heterocycles. The molecule has 43 heavy (non-hydrogen) atoms. The minimum atomic E-state index is -2.02. The maximum absolute atomic E-state index is 12.3. The molecule has 1 aromatic carbocycles. The molecule has 3 aliphatic heterocycles. The first kappa shape index (κ1) is 26.8. The Hall–Kier alpha value is -5.06. The van der Waals surface area contributed by atoms with Crippen molar-refractivity contribution in [2.75, 3.05) is 60.4 Å². The Labute approximate surface area is 257 Å². The minimum Gasteiger partial charge on any atom is -0.479 e. The predicted octanol–water partition coefficient (Wildman–Crippen LogP) is -1.96. The number of nitrogens with one attached hydrogen (secondary N) is 2. The second-order valence-electron chi connectivity index (χ2n) is 8.86. The third-order valence-electron chi connectivity index (χ3n) is 5.92. The van der Waals surface area contributed by atoms with Crippen LogP contribution in [-0.4, -0.2) is 143 Å². The summed E-state index contributed by atoms with van der Waals surface area (Å²) in [5.74, 6) is -6.31. The van der Waals surface area contributed by atoms with Crippen molar-refractivity contribution in [1.29, 1.82) is 0 Å². The smallest absolute Gasteiger partial charge is 0.330 e. The summed E-state index contributed by atoms with van der Waals surface area (Å²) in [5, 5.41) is 12.9. The molecule has 0 aromatic heterocycles. The van der Waals surface area contributed by atoms with Gasteiger partial charge in [-0.05, 0) is 17.2 Å². The SMILES string of the molecule is CN1CCN(C(=O)Cl)C(=O)C1=O.CN1CCNC(=O)C1=O.[2H]c1c([2H])c([2H])c([C@@H](NC(=O)N2CCN(C)C(=O)C2=O)C(=O)O)c([2H])c1[2H]. The zero-order chi connectivity index (χ0) is 36.8. The lowest BCUT2D eigenvalue weighted by atomic mass is 10.1. The van der Waals surface area contributed by atoms with E-state index in [0.29, 0.717) is 24.5 Å². The van der Waals surface area contributed by atoms with E-state index in [9.17, 15) is 48.3 Å². The van der Waals surface area contributed by atoms with Crippen molar-refractivity contribution < 1.29 is 55.1 Å². The Bertz CT molecular complexity index is 1550. The van der Waals surface area contributed by atoms with Crippen molar-refractivity contribution in [2.45, 2.75) is 6.04 Å². The number of rotatable bonds is 3. The van der Waals surface area contributed by atoms with E-state index in [0.717, 1.165) is 9.80 Å². The Morgan fingerprint density at radius 3 is 1.74 bits per heavy atom. The number of carboxylic acids is 1. The van der Waals surface area contributed by atoms with Crippen LogP contribution in [0.5, 0.6) is 0 Å². The van der Waals surface area contributed by atoms with Gasteiger partial charge in [0.2, 0.25) is 0 Å². The van der Waals surface area contributed by atoms with Gasteiger partial charge < -0.3 is 30.4 Å². The number of piperazine rings is 3. The molecule has 18 heteroatoms. The van der Waals surface area contributed by atoms with E-state index < -0.39 is 94.6 Å². The van der Waals surface area contributed by atoms with Crippen molar-refractivity contribution in [2.24, 2.45) is 0 Å². The lowest BCUT2D eigenvalue weighted by Crippen LogP contribution is -2.57. The average Bonchev–Trinajstić information content (AvgIpc) is 3.03. The van der Waals surface area contributed by atoms with Gasteiger partial charge >= 0.3 is 52.8 Å². The molecule has 0 aliphatic carbocycles. The van der Waals surface area contributed by atoms with Crippen LogP contribution in [0, 0.1) is 0 Å². The molecule has 3 aliphatic rings. The van der Waals surface area contributed by atoms with Gasteiger partial charge in [-0.2, -0.15) is 0 Å². The molecule has 9 amide bonds. The highest BCUT2D eigenvalue weighted by molar-refractivity contribution is 6.65. The van der Waals surface area contributed by atoms with Crippen LogP contribution in [0.4, 0.5) is 9.59 Å². The first-order valence-corrected chi connectivity index (χ1v) is 12.6. The molecule has 17 nitrogen and oxygen atoms in total. The Morgan fingerprint density at radius 2 is 1.28 bits per heavy atom. The normalized spacial score (nSPS) is 19.3. The van der Waals surface area contributed by atoms with Crippen molar-refractivity contribution in [3.8, 4) is 0 Å². The topological polar surface area (TPSA) is 214 Å². The number of nitrogens with zero attached hydrogens (tertiary/aromatic N) is 5. The van der Waals surface area contributed by atoms with E-state index >= 15 is 0 Å². The molecule has 3 N–H and O–H groups in total. The van der Waals surface area contributed by atoms with Crippen LogP contribution in [0.25, 0.3) is 0 Å². The van der Waals surface area contributed by atoms with E-state index in [2.05, 4.69) is 5.32 Å².